The highest BCUT2D eigenvalue weighted by atomic mass is 35.5. The fourth-order valence-corrected chi connectivity index (χ4v) is 7.37. The Morgan fingerprint density at radius 3 is 2.50 bits per heavy atom. The second-order valence-electron chi connectivity index (χ2n) is 10.2. The van der Waals surface area contributed by atoms with Gasteiger partial charge in [-0.25, -0.2) is 0 Å². The monoisotopic (exact) mass is 606 g/mol. The van der Waals surface area contributed by atoms with Crippen LogP contribution in [-0.2, 0) is 28.1 Å². The molecule has 204 valence electrons. The number of likely N-dealkylation sites (tertiary alicyclic amines) is 1. The van der Waals surface area contributed by atoms with Crippen molar-refractivity contribution >= 4 is 63.5 Å². The second kappa shape index (κ2) is 10.3. The number of hydrogen-bond donors (Lipinski definition) is 0. The normalized spacial score (nSPS) is 23.4. The Kier molecular flexibility index (Phi) is 7.52. The zero-order chi connectivity index (χ0) is 27.4. The number of Topliss-reactive ketones (excluding diaryl/α,β-unsaturated/α-hetero) is 1. The van der Waals surface area contributed by atoms with Crippen molar-refractivity contribution in [2.24, 2.45) is 11.1 Å². The van der Waals surface area contributed by atoms with Gasteiger partial charge in [0.2, 0.25) is 5.91 Å². The summed E-state index contributed by atoms with van der Waals surface area (Å²) in [6.45, 7) is 0.608. The molecule has 0 radical (unpaired) electrons. The van der Waals surface area contributed by atoms with E-state index in [9.17, 15) is 22.8 Å². The SMILES string of the molecule is CC1(c2cc(Cl)c(Cl)c(Cl)c2)CC(c2sc(C(=O)CC3CCN(CC(F)(F)F)C3=O)c3c2CCCC3)=NO1. The molecule has 38 heavy (non-hydrogen) atoms. The molecule has 1 fully saturated rings. The van der Waals surface area contributed by atoms with Crippen molar-refractivity contribution in [3.8, 4) is 0 Å². The molecule has 1 saturated heterocycles. The lowest BCUT2D eigenvalue weighted by Gasteiger charge is -2.23. The van der Waals surface area contributed by atoms with Crippen molar-refractivity contribution in [2.45, 2.75) is 63.6 Å². The lowest BCUT2D eigenvalue weighted by atomic mass is 9.86. The summed E-state index contributed by atoms with van der Waals surface area (Å²) in [5, 5.41) is 5.27. The lowest BCUT2D eigenvalue weighted by Crippen LogP contribution is -2.36. The summed E-state index contributed by atoms with van der Waals surface area (Å²) in [4.78, 5) is 34.1. The van der Waals surface area contributed by atoms with Crippen LogP contribution in [0.2, 0.25) is 15.1 Å². The minimum absolute atomic E-state index is 0.00947. The number of thiophene rings is 1. The fourth-order valence-electron chi connectivity index (χ4n) is 5.45. The van der Waals surface area contributed by atoms with E-state index in [4.69, 9.17) is 39.6 Å². The third-order valence-corrected chi connectivity index (χ3v) is 9.96. The van der Waals surface area contributed by atoms with E-state index in [0.29, 0.717) is 27.1 Å². The molecule has 2 aliphatic heterocycles. The Bertz CT molecular complexity index is 1320. The predicted octanol–water partition coefficient (Wildman–Crippen LogP) is 7.61. The Morgan fingerprint density at radius 1 is 1.18 bits per heavy atom. The summed E-state index contributed by atoms with van der Waals surface area (Å²) < 4.78 is 38.4. The molecule has 2 aromatic rings. The number of benzene rings is 1. The molecule has 0 saturated carbocycles. The summed E-state index contributed by atoms with van der Waals surface area (Å²) in [6.07, 6.45) is -0.440. The van der Waals surface area contributed by atoms with Gasteiger partial charge in [-0.3, -0.25) is 9.59 Å². The van der Waals surface area contributed by atoms with Crippen LogP contribution >= 0.6 is 46.1 Å². The number of ketones is 1. The summed E-state index contributed by atoms with van der Waals surface area (Å²) in [6, 6.07) is 3.40. The van der Waals surface area contributed by atoms with Crippen LogP contribution in [0.15, 0.2) is 17.3 Å². The highest BCUT2D eigenvalue weighted by molar-refractivity contribution is 7.16. The van der Waals surface area contributed by atoms with Crippen molar-refractivity contribution in [3.63, 3.8) is 0 Å². The van der Waals surface area contributed by atoms with Gasteiger partial charge in [0.05, 0.1) is 24.8 Å². The topological polar surface area (TPSA) is 59.0 Å². The molecule has 0 N–H and O–H groups in total. The number of carbonyl (C=O) groups is 2. The van der Waals surface area contributed by atoms with Crippen molar-refractivity contribution < 1.29 is 27.6 Å². The Balaban J connectivity index is 1.37. The van der Waals surface area contributed by atoms with E-state index in [0.717, 1.165) is 52.2 Å². The van der Waals surface area contributed by atoms with Crippen molar-refractivity contribution in [3.05, 3.63) is 53.6 Å². The zero-order valence-electron chi connectivity index (χ0n) is 20.4. The Hall–Kier alpha value is -1.81. The molecule has 1 aromatic carbocycles. The third-order valence-electron chi connectivity index (χ3n) is 7.40. The van der Waals surface area contributed by atoms with Gasteiger partial charge < -0.3 is 9.74 Å². The van der Waals surface area contributed by atoms with Crippen LogP contribution in [0.3, 0.4) is 0 Å². The fraction of sp³-hybridized carbons (Fsp3) is 0.500. The van der Waals surface area contributed by atoms with E-state index in [-0.39, 0.29) is 30.2 Å². The third kappa shape index (κ3) is 5.31. The maximum Gasteiger partial charge on any atom is 0.406 e. The molecule has 3 heterocycles. The van der Waals surface area contributed by atoms with E-state index >= 15 is 0 Å². The first-order valence-electron chi connectivity index (χ1n) is 12.3. The van der Waals surface area contributed by atoms with Gasteiger partial charge in [0.1, 0.15) is 12.3 Å². The smallest absolute Gasteiger partial charge is 0.384 e. The van der Waals surface area contributed by atoms with Crippen LogP contribution in [0, 0.1) is 5.92 Å². The van der Waals surface area contributed by atoms with Gasteiger partial charge in [-0.1, -0.05) is 40.0 Å². The number of halogens is 6. The molecule has 0 bridgehead atoms. The molecular weight excluding hydrogens is 584 g/mol. The minimum atomic E-state index is -4.46. The molecule has 3 aliphatic rings. The van der Waals surface area contributed by atoms with E-state index in [1.54, 1.807) is 12.1 Å². The summed E-state index contributed by atoms with van der Waals surface area (Å²) >= 11 is 19.9. The predicted molar refractivity (Wildman–Crippen MR) is 142 cm³/mol. The maximum atomic E-state index is 13.4. The molecule has 1 aromatic heterocycles. The Morgan fingerprint density at radius 2 is 1.84 bits per heavy atom. The van der Waals surface area contributed by atoms with Crippen LogP contribution in [-0.4, -0.2) is 41.6 Å². The lowest BCUT2D eigenvalue weighted by molar-refractivity contribution is -0.158. The van der Waals surface area contributed by atoms with Gasteiger partial charge in [0.25, 0.3) is 0 Å². The van der Waals surface area contributed by atoms with Gasteiger partial charge in [0.15, 0.2) is 11.4 Å². The molecule has 2 unspecified atom stereocenters. The summed E-state index contributed by atoms with van der Waals surface area (Å²) in [5.41, 5.74) is 2.64. The number of amides is 1. The van der Waals surface area contributed by atoms with Crippen LogP contribution in [0.5, 0.6) is 0 Å². The van der Waals surface area contributed by atoms with E-state index in [1.807, 2.05) is 6.92 Å². The average Bonchev–Trinajstić information content (AvgIpc) is 3.53. The van der Waals surface area contributed by atoms with Gasteiger partial charge in [-0.2, -0.15) is 13.2 Å². The molecule has 5 nitrogen and oxygen atoms in total. The summed E-state index contributed by atoms with van der Waals surface area (Å²) in [5.74, 6) is -1.54. The number of nitrogens with zero attached hydrogens (tertiary/aromatic N) is 2. The molecule has 1 amide bonds. The molecule has 1 aliphatic carbocycles. The van der Waals surface area contributed by atoms with E-state index in [1.165, 1.54) is 11.3 Å². The Labute approximate surface area is 236 Å². The maximum absolute atomic E-state index is 13.4. The van der Waals surface area contributed by atoms with Crippen molar-refractivity contribution in [2.75, 3.05) is 13.1 Å². The minimum Gasteiger partial charge on any atom is -0.384 e. The molecular formula is C26H24Cl3F3N2O3S. The molecule has 0 spiro atoms. The average molecular weight is 608 g/mol. The molecule has 2 atom stereocenters. The number of hydrogen-bond acceptors (Lipinski definition) is 5. The second-order valence-corrected chi connectivity index (χ2v) is 12.4. The van der Waals surface area contributed by atoms with Crippen LogP contribution in [0.4, 0.5) is 13.2 Å². The number of carbonyl (C=O) groups excluding carboxylic acids is 2. The van der Waals surface area contributed by atoms with Crippen molar-refractivity contribution in [1.82, 2.24) is 4.90 Å². The van der Waals surface area contributed by atoms with Crippen LogP contribution < -0.4 is 0 Å². The zero-order valence-corrected chi connectivity index (χ0v) is 23.5. The summed E-state index contributed by atoms with van der Waals surface area (Å²) in [7, 11) is 0. The van der Waals surface area contributed by atoms with Crippen LogP contribution in [0.1, 0.15) is 70.3 Å². The number of oxime groups is 1. The number of rotatable bonds is 6. The van der Waals surface area contributed by atoms with Crippen molar-refractivity contribution in [1.29, 1.82) is 0 Å². The van der Waals surface area contributed by atoms with Gasteiger partial charge in [-0.05, 0) is 62.3 Å². The number of fused-ring (bicyclic) bond motifs is 1. The first-order valence-corrected chi connectivity index (χ1v) is 14.2. The quantitative estimate of drug-likeness (QED) is 0.251. The highest BCUT2D eigenvalue weighted by Crippen LogP contribution is 2.44. The van der Waals surface area contributed by atoms with E-state index in [2.05, 4.69) is 5.16 Å². The van der Waals surface area contributed by atoms with Gasteiger partial charge >= 0.3 is 6.18 Å². The molecule has 12 heteroatoms. The van der Waals surface area contributed by atoms with E-state index < -0.39 is 30.1 Å². The highest BCUT2D eigenvalue weighted by Gasteiger charge is 2.42. The first kappa shape index (κ1) is 27.7. The van der Waals surface area contributed by atoms with Gasteiger partial charge in [0, 0.05) is 30.9 Å². The van der Waals surface area contributed by atoms with Gasteiger partial charge in [-0.15, -0.1) is 11.3 Å². The molecule has 5 rings (SSSR count). The number of alkyl halides is 3. The van der Waals surface area contributed by atoms with Crippen LogP contribution in [0.25, 0.3) is 0 Å². The standard InChI is InChI=1S/C26H24Cl3F3N2O3S/c1-25(14-9-17(27)21(29)18(28)10-14)11-19(33-37-25)22-15-4-2-3-5-16(15)23(38-22)20(35)8-13-6-7-34(24(13)36)12-26(30,31)32/h9-10,13H,2-8,11-12H2,1H3. The largest absolute Gasteiger partial charge is 0.406 e. The first-order chi connectivity index (χ1) is 17.9.